The van der Waals surface area contributed by atoms with Crippen molar-refractivity contribution in [2.45, 2.75) is 13.5 Å². The van der Waals surface area contributed by atoms with Gasteiger partial charge in [-0.25, -0.2) is 4.68 Å². The van der Waals surface area contributed by atoms with E-state index in [1.807, 2.05) is 13.0 Å². The van der Waals surface area contributed by atoms with Crippen LogP contribution in [0.4, 0.5) is 11.4 Å². The number of aromatic nitrogens is 2. The molecule has 0 unspecified atom stereocenters. The van der Waals surface area contributed by atoms with Gasteiger partial charge in [0.05, 0.1) is 11.9 Å². The second kappa shape index (κ2) is 6.21. The van der Waals surface area contributed by atoms with Crippen LogP contribution in [0.3, 0.4) is 0 Å². The first-order valence-corrected chi connectivity index (χ1v) is 6.68. The number of carbonyl (C=O) groups is 1. The standard InChI is InChI=1S/C15H18N4O2/c1-4-19-15(21)13(18(2)3)12(10-16-19)17-14(20)11-8-6-5-7-9-11/h5-10H,4H2,1-3H3,(H,17,20). The molecule has 0 aliphatic carbocycles. The molecule has 6 nitrogen and oxygen atoms in total. The molecule has 0 aliphatic heterocycles. The summed E-state index contributed by atoms with van der Waals surface area (Å²) in [5.41, 5.74) is 1.12. The molecular weight excluding hydrogens is 268 g/mol. The topological polar surface area (TPSA) is 67.2 Å². The van der Waals surface area contributed by atoms with Gasteiger partial charge in [-0.15, -0.1) is 0 Å². The molecule has 1 heterocycles. The van der Waals surface area contributed by atoms with Crippen LogP contribution in [0, 0.1) is 0 Å². The number of nitrogens with zero attached hydrogens (tertiary/aromatic N) is 3. The highest BCUT2D eigenvalue weighted by atomic mass is 16.2. The summed E-state index contributed by atoms with van der Waals surface area (Å²) in [6.45, 7) is 2.32. The van der Waals surface area contributed by atoms with E-state index in [2.05, 4.69) is 10.4 Å². The maximum atomic E-state index is 12.3. The summed E-state index contributed by atoms with van der Waals surface area (Å²) in [6, 6.07) is 8.84. The van der Waals surface area contributed by atoms with Crippen LogP contribution in [0.15, 0.2) is 41.3 Å². The Morgan fingerprint density at radius 3 is 2.52 bits per heavy atom. The van der Waals surface area contributed by atoms with Crippen molar-refractivity contribution in [3.63, 3.8) is 0 Å². The van der Waals surface area contributed by atoms with Gasteiger partial charge in [0.15, 0.2) is 0 Å². The van der Waals surface area contributed by atoms with E-state index in [1.165, 1.54) is 10.9 Å². The number of hydrogen-bond donors (Lipinski definition) is 1. The monoisotopic (exact) mass is 286 g/mol. The molecule has 6 heteroatoms. The van der Waals surface area contributed by atoms with Crippen molar-refractivity contribution in [1.82, 2.24) is 9.78 Å². The number of nitrogens with one attached hydrogen (secondary N) is 1. The molecule has 1 aromatic heterocycles. The Morgan fingerprint density at radius 1 is 1.29 bits per heavy atom. The molecule has 2 rings (SSSR count). The van der Waals surface area contributed by atoms with E-state index in [-0.39, 0.29) is 11.5 Å². The lowest BCUT2D eigenvalue weighted by Crippen LogP contribution is -2.30. The number of amides is 1. The van der Waals surface area contributed by atoms with Gasteiger partial charge in [-0.1, -0.05) is 18.2 Å². The quantitative estimate of drug-likeness (QED) is 0.926. The van der Waals surface area contributed by atoms with Crippen LogP contribution in [0.2, 0.25) is 0 Å². The first-order chi connectivity index (χ1) is 10.0. The molecule has 0 spiro atoms. The van der Waals surface area contributed by atoms with Gasteiger partial charge in [0.1, 0.15) is 5.69 Å². The zero-order valence-electron chi connectivity index (χ0n) is 12.3. The van der Waals surface area contributed by atoms with E-state index in [1.54, 1.807) is 43.3 Å². The highest BCUT2D eigenvalue weighted by Gasteiger charge is 2.15. The molecule has 1 N–H and O–H groups in total. The Bertz CT molecular complexity index is 693. The molecular formula is C15H18N4O2. The zero-order valence-corrected chi connectivity index (χ0v) is 12.3. The van der Waals surface area contributed by atoms with Crippen LogP contribution < -0.4 is 15.8 Å². The van der Waals surface area contributed by atoms with E-state index >= 15 is 0 Å². The van der Waals surface area contributed by atoms with Crippen molar-refractivity contribution in [1.29, 1.82) is 0 Å². The summed E-state index contributed by atoms with van der Waals surface area (Å²) < 4.78 is 1.35. The number of anilines is 2. The van der Waals surface area contributed by atoms with Crippen LogP contribution in [0.25, 0.3) is 0 Å². The highest BCUT2D eigenvalue weighted by molar-refractivity contribution is 6.05. The van der Waals surface area contributed by atoms with Crippen molar-refractivity contribution in [3.8, 4) is 0 Å². The van der Waals surface area contributed by atoms with Crippen molar-refractivity contribution < 1.29 is 4.79 Å². The summed E-state index contributed by atoms with van der Waals surface area (Å²) in [5.74, 6) is -0.269. The third kappa shape index (κ3) is 3.10. The minimum Gasteiger partial charge on any atom is -0.371 e. The van der Waals surface area contributed by atoms with Gasteiger partial charge in [0.25, 0.3) is 11.5 Å². The van der Waals surface area contributed by atoms with Crippen LogP contribution in [-0.2, 0) is 6.54 Å². The molecule has 2 aromatic rings. The van der Waals surface area contributed by atoms with Crippen molar-refractivity contribution in [2.24, 2.45) is 0 Å². The molecule has 0 bridgehead atoms. The Hall–Kier alpha value is -2.63. The van der Waals surface area contributed by atoms with E-state index < -0.39 is 0 Å². The lowest BCUT2D eigenvalue weighted by atomic mass is 10.2. The van der Waals surface area contributed by atoms with E-state index in [4.69, 9.17) is 0 Å². The van der Waals surface area contributed by atoms with Crippen LogP contribution >= 0.6 is 0 Å². The van der Waals surface area contributed by atoms with Gasteiger partial charge in [-0.3, -0.25) is 9.59 Å². The van der Waals surface area contributed by atoms with Gasteiger partial charge in [0, 0.05) is 26.2 Å². The van der Waals surface area contributed by atoms with Gasteiger partial charge < -0.3 is 10.2 Å². The normalized spacial score (nSPS) is 10.2. The number of carbonyl (C=O) groups excluding carboxylic acids is 1. The van der Waals surface area contributed by atoms with Crippen LogP contribution in [0.5, 0.6) is 0 Å². The Kier molecular flexibility index (Phi) is 4.37. The lowest BCUT2D eigenvalue weighted by molar-refractivity contribution is 0.102. The third-order valence-corrected chi connectivity index (χ3v) is 3.05. The van der Waals surface area contributed by atoms with Crippen molar-refractivity contribution in [3.05, 3.63) is 52.4 Å². The van der Waals surface area contributed by atoms with E-state index in [9.17, 15) is 9.59 Å². The van der Waals surface area contributed by atoms with Gasteiger partial charge in [-0.2, -0.15) is 5.10 Å². The molecule has 1 aromatic carbocycles. The van der Waals surface area contributed by atoms with E-state index in [0.29, 0.717) is 23.5 Å². The Labute approximate surface area is 123 Å². The maximum Gasteiger partial charge on any atom is 0.292 e. The molecule has 1 amide bonds. The predicted octanol–water partition coefficient (Wildman–Crippen LogP) is 1.58. The first kappa shape index (κ1) is 14.8. The summed E-state index contributed by atoms with van der Waals surface area (Å²) >= 11 is 0. The fourth-order valence-corrected chi connectivity index (χ4v) is 2.01. The second-order valence-corrected chi connectivity index (χ2v) is 4.74. The second-order valence-electron chi connectivity index (χ2n) is 4.74. The lowest BCUT2D eigenvalue weighted by Gasteiger charge is -2.17. The Morgan fingerprint density at radius 2 is 1.95 bits per heavy atom. The third-order valence-electron chi connectivity index (χ3n) is 3.05. The summed E-state index contributed by atoms with van der Waals surface area (Å²) in [6.07, 6.45) is 1.50. The minimum absolute atomic E-state index is 0.228. The fraction of sp³-hybridized carbons (Fsp3) is 0.267. The number of rotatable bonds is 4. The number of hydrogen-bond acceptors (Lipinski definition) is 4. The van der Waals surface area contributed by atoms with Crippen LogP contribution in [0.1, 0.15) is 17.3 Å². The fourth-order valence-electron chi connectivity index (χ4n) is 2.01. The summed E-state index contributed by atoms with van der Waals surface area (Å²) in [7, 11) is 3.52. The predicted molar refractivity (Wildman–Crippen MR) is 82.9 cm³/mol. The van der Waals surface area contributed by atoms with Gasteiger partial charge in [0.2, 0.25) is 0 Å². The number of aryl methyl sites for hydroxylation is 1. The van der Waals surface area contributed by atoms with E-state index in [0.717, 1.165) is 0 Å². The highest BCUT2D eigenvalue weighted by Crippen LogP contribution is 2.19. The molecule has 0 atom stereocenters. The maximum absolute atomic E-state index is 12.3. The summed E-state index contributed by atoms with van der Waals surface area (Å²) in [4.78, 5) is 26.2. The Balaban J connectivity index is 2.39. The van der Waals surface area contributed by atoms with Gasteiger partial charge in [-0.05, 0) is 19.1 Å². The molecule has 0 radical (unpaired) electrons. The number of benzene rings is 1. The molecule has 110 valence electrons. The molecule has 0 saturated heterocycles. The molecule has 0 saturated carbocycles. The molecule has 21 heavy (non-hydrogen) atoms. The first-order valence-electron chi connectivity index (χ1n) is 6.68. The largest absolute Gasteiger partial charge is 0.371 e. The smallest absolute Gasteiger partial charge is 0.292 e. The average molecular weight is 286 g/mol. The average Bonchev–Trinajstić information content (AvgIpc) is 2.48. The SMILES string of the molecule is CCn1ncc(NC(=O)c2ccccc2)c(N(C)C)c1=O. The summed E-state index contributed by atoms with van der Waals surface area (Å²) in [5, 5.41) is 6.79. The van der Waals surface area contributed by atoms with Crippen molar-refractivity contribution >= 4 is 17.3 Å². The van der Waals surface area contributed by atoms with Crippen molar-refractivity contribution in [2.75, 3.05) is 24.3 Å². The molecule has 0 aliphatic rings. The van der Waals surface area contributed by atoms with Crippen LogP contribution in [-0.4, -0.2) is 29.8 Å². The minimum atomic E-state index is -0.269. The molecule has 0 fully saturated rings. The zero-order chi connectivity index (χ0) is 15.4. The van der Waals surface area contributed by atoms with Gasteiger partial charge >= 0.3 is 0 Å².